The summed E-state index contributed by atoms with van der Waals surface area (Å²) in [6.07, 6.45) is 5.33. The van der Waals surface area contributed by atoms with Gasteiger partial charge < -0.3 is 5.32 Å². The number of para-hydroxylation sites is 1. The number of aryl methyl sites for hydroxylation is 1. The van der Waals surface area contributed by atoms with Gasteiger partial charge in [0.1, 0.15) is 12.2 Å². The Bertz CT molecular complexity index is 686. The molecule has 0 amide bonds. The summed E-state index contributed by atoms with van der Waals surface area (Å²) in [5.74, 6) is 0.953. The lowest BCUT2D eigenvalue weighted by Gasteiger charge is -2.10. The van der Waals surface area contributed by atoms with E-state index >= 15 is 0 Å². The van der Waals surface area contributed by atoms with Gasteiger partial charge in [-0.3, -0.25) is 0 Å². The van der Waals surface area contributed by atoms with Crippen molar-refractivity contribution in [3.8, 4) is 5.69 Å². The smallest absolute Gasteiger partial charge is 0.140 e. The fraction of sp³-hybridized carbons (Fsp3) is 0.267. The summed E-state index contributed by atoms with van der Waals surface area (Å²) >= 11 is 0. The van der Waals surface area contributed by atoms with Gasteiger partial charge in [0.2, 0.25) is 0 Å². The summed E-state index contributed by atoms with van der Waals surface area (Å²) in [6.45, 7) is 4.35. The molecule has 2 aromatic heterocycles. The fourth-order valence-electron chi connectivity index (χ4n) is 2.29. The van der Waals surface area contributed by atoms with Crippen LogP contribution >= 0.6 is 0 Å². The maximum atomic E-state index is 4.29. The molecule has 0 unspecified atom stereocenters. The van der Waals surface area contributed by atoms with Crippen molar-refractivity contribution in [2.75, 3.05) is 0 Å². The Balaban J connectivity index is 1.69. The van der Waals surface area contributed by atoms with Crippen LogP contribution in [0, 0.1) is 0 Å². The van der Waals surface area contributed by atoms with Gasteiger partial charge >= 0.3 is 0 Å². The number of hydrogen-bond donors (Lipinski definition) is 1. The van der Waals surface area contributed by atoms with Gasteiger partial charge in [-0.15, -0.1) is 0 Å². The zero-order chi connectivity index (χ0) is 14.5. The molecular formula is C15H18N6. The second kappa shape index (κ2) is 6.32. The van der Waals surface area contributed by atoms with E-state index < -0.39 is 0 Å². The maximum absolute atomic E-state index is 4.29. The molecule has 0 atom stereocenters. The second-order valence-corrected chi connectivity index (χ2v) is 4.67. The predicted molar refractivity (Wildman–Crippen MR) is 79.8 cm³/mol. The minimum atomic E-state index is 0.696. The van der Waals surface area contributed by atoms with Crippen molar-refractivity contribution >= 4 is 0 Å². The van der Waals surface area contributed by atoms with Crippen LogP contribution in [0.3, 0.4) is 0 Å². The van der Waals surface area contributed by atoms with E-state index in [0.717, 1.165) is 24.6 Å². The summed E-state index contributed by atoms with van der Waals surface area (Å²) in [6, 6.07) is 10.2. The van der Waals surface area contributed by atoms with Crippen molar-refractivity contribution in [3.63, 3.8) is 0 Å². The first kappa shape index (κ1) is 13.5. The Hall–Kier alpha value is -2.47. The Morgan fingerprint density at radius 2 is 2.00 bits per heavy atom. The molecule has 0 aliphatic carbocycles. The third-order valence-corrected chi connectivity index (χ3v) is 3.34. The molecule has 0 saturated heterocycles. The van der Waals surface area contributed by atoms with E-state index in [9.17, 15) is 0 Å². The van der Waals surface area contributed by atoms with Gasteiger partial charge in [0, 0.05) is 25.5 Å². The van der Waals surface area contributed by atoms with Gasteiger partial charge in [0.15, 0.2) is 0 Å². The Labute approximate surface area is 123 Å². The molecule has 0 aliphatic rings. The molecule has 108 valence electrons. The molecule has 6 nitrogen and oxygen atoms in total. The summed E-state index contributed by atoms with van der Waals surface area (Å²) in [5, 5.41) is 11.9. The molecular weight excluding hydrogens is 264 g/mol. The minimum Gasteiger partial charge on any atom is -0.306 e. The standard InChI is InChI=1S/C15H18N6/c1-2-20-15(17-12-19-20)11-16-10-13-6-3-4-7-14(13)21-9-5-8-18-21/h3-9,12,16H,2,10-11H2,1H3. The maximum Gasteiger partial charge on any atom is 0.140 e. The zero-order valence-corrected chi connectivity index (χ0v) is 12.0. The monoisotopic (exact) mass is 282 g/mol. The van der Waals surface area contributed by atoms with E-state index in [1.54, 1.807) is 12.5 Å². The number of nitrogens with one attached hydrogen (secondary N) is 1. The van der Waals surface area contributed by atoms with Crippen LogP contribution in [0.1, 0.15) is 18.3 Å². The molecule has 3 aromatic rings. The van der Waals surface area contributed by atoms with Gasteiger partial charge in [-0.25, -0.2) is 14.3 Å². The summed E-state index contributed by atoms with van der Waals surface area (Å²) in [4.78, 5) is 4.26. The normalized spacial score (nSPS) is 10.9. The third-order valence-electron chi connectivity index (χ3n) is 3.34. The molecule has 1 N–H and O–H groups in total. The molecule has 0 spiro atoms. The number of hydrogen-bond acceptors (Lipinski definition) is 4. The number of rotatable bonds is 6. The van der Waals surface area contributed by atoms with Gasteiger partial charge in [0.05, 0.1) is 12.2 Å². The van der Waals surface area contributed by atoms with Gasteiger partial charge in [-0.05, 0) is 24.6 Å². The molecule has 6 heteroatoms. The highest BCUT2D eigenvalue weighted by atomic mass is 15.3. The van der Waals surface area contributed by atoms with Crippen LogP contribution in [0.4, 0.5) is 0 Å². The predicted octanol–water partition coefficient (Wildman–Crippen LogP) is 1.77. The first-order chi connectivity index (χ1) is 10.4. The van der Waals surface area contributed by atoms with E-state index in [0.29, 0.717) is 6.54 Å². The lowest BCUT2D eigenvalue weighted by molar-refractivity contribution is 0.571. The largest absolute Gasteiger partial charge is 0.306 e. The van der Waals surface area contributed by atoms with E-state index in [1.165, 1.54) is 5.56 Å². The SMILES string of the molecule is CCn1ncnc1CNCc1ccccc1-n1cccn1. The lowest BCUT2D eigenvalue weighted by atomic mass is 10.2. The van der Waals surface area contributed by atoms with Crippen LogP contribution in [0.2, 0.25) is 0 Å². The fourth-order valence-corrected chi connectivity index (χ4v) is 2.29. The van der Waals surface area contributed by atoms with Crippen molar-refractivity contribution in [2.24, 2.45) is 0 Å². The molecule has 0 saturated carbocycles. The number of aromatic nitrogens is 5. The average molecular weight is 282 g/mol. The van der Waals surface area contributed by atoms with Crippen LogP contribution in [0.5, 0.6) is 0 Å². The Morgan fingerprint density at radius 3 is 2.81 bits per heavy atom. The molecule has 0 aliphatic heterocycles. The van der Waals surface area contributed by atoms with Crippen molar-refractivity contribution in [1.82, 2.24) is 29.9 Å². The summed E-state index contributed by atoms with van der Waals surface area (Å²) < 4.78 is 3.78. The highest BCUT2D eigenvalue weighted by Crippen LogP contribution is 2.13. The third kappa shape index (κ3) is 3.00. The van der Waals surface area contributed by atoms with Crippen LogP contribution in [-0.4, -0.2) is 24.5 Å². The van der Waals surface area contributed by atoms with E-state index in [2.05, 4.69) is 39.6 Å². The molecule has 21 heavy (non-hydrogen) atoms. The Kier molecular flexibility index (Phi) is 4.07. The highest BCUT2D eigenvalue weighted by molar-refractivity contribution is 5.40. The molecule has 3 rings (SSSR count). The molecule has 0 bridgehead atoms. The Morgan fingerprint density at radius 1 is 1.10 bits per heavy atom. The summed E-state index contributed by atoms with van der Waals surface area (Å²) in [5.41, 5.74) is 2.29. The first-order valence-corrected chi connectivity index (χ1v) is 7.04. The van der Waals surface area contributed by atoms with Gasteiger partial charge in [-0.1, -0.05) is 18.2 Å². The highest BCUT2D eigenvalue weighted by Gasteiger charge is 2.05. The average Bonchev–Trinajstić information content (AvgIpc) is 3.19. The van der Waals surface area contributed by atoms with Gasteiger partial charge in [-0.2, -0.15) is 10.2 Å². The van der Waals surface area contributed by atoms with Crippen LogP contribution < -0.4 is 5.32 Å². The van der Waals surface area contributed by atoms with Crippen molar-refractivity contribution in [1.29, 1.82) is 0 Å². The van der Waals surface area contributed by atoms with Crippen LogP contribution in [0.25, 0.3) is 5.69 Å². The first-order valence-electron chi connectivity index (χ1n) is 7.04. The number of nitrogens with zero attached hydrogens (tertiary/aromatic N) is 5. The molecule has 0 fully saturated rings. The van der Waals surface area contributed by atoms with Crippen molar-refractivity contribution < 1.29 is 0 Å². The van der Waals surface area contributed by atoms with E-state index in [1.807, 2.05) is 33.8 Å². The quantitative estimate of drug-likeness (QED) is 0.748. The number of benzene rings is 1. The topological polar surface area (TPSA) is 60.6 Å². The molecule has 1 aromatic carbocycles. The minimum absolute atomic E-state index is 0.696. The van der Waals surface area contributed by atoms with Crippen LogP contribution in [-0.2, 0) is 19.6 Å². The van der Waals surface area contributed by atoms with Crippen LogP contribution in [0.15, 0.2) is 49.1 Å². The zero-order valence-electron chi connectivity index (χ0n) is 12.0. The second-order valence-electron chi connectivity index (χ2n) is 4.67. The summed E-state index contributed by atoms with van der Waals surface area (Å²) in [7, 11) is 0. The van der Waals surface area contributed by atoms with Crippen molar-refractivity contribution in [3.05, 3.63) is 60.4 Å². The van der Waals surface area contributed by atoms with E-state index in [-0.39, 0.29) is 0 Å². The molecule has 0 radical (unpaired) electrons. The van der Waals surface area contributed by atoms with Gasteiger partial charge in [0.25, 0.3) is 0 Å². The van der Waals surface area contributed by atoms with E-state index in [4.69, 9.17) is 0 Å². The molecule has 2 heterocycles. The van der Waals surface area contributed by atoms with Crippen molar-refractivity contribution in [2.45, 2.75) is 26.6 Å². The lowest BCUT2D eigenvalue weighted by Crippen LogP contribution is -2.18.